The van der Waals surface area contributed by atoms with Gasteiger partial charge in [0.2, 0.25) is 5.91 Å². The van der Waals surface area contributed by atoms with E-state index in [4.69, 9.17) is 9.47 Å². The molecule has 0 bridgehead atoms. The first kappa shape index (κ1) is 27.8. The van der Waals surface area contributed by atoms with E-state index in [9.17, 15) is 9.59 Å². The van der Waals surface area contributed by atoms with E-state index in [2.05, 4.69) is 19.2 Å². The van der Waals surface area contributed by atoms with E-state index in [1.807, 2.05) is 92.7 Å². The van der Waals surface area contributed by atoms with Crippen molar-refractivity contribution in [2.45, 2.75) is 58.7 Å². The fourth-order valence-corrected chi connectivity index (χ4v) is 4.21. The topological polar surface area (TPSA) is 67.9 Å². The Kier molecular flexibility index (Phi) is 10.1. The minimum absolute atomic E-state index is 0.0614. The summed E-state index contributed by atoms with van der Waals surface area (Å²) in [5, 5.41) is 3.01. The summed E-state index contributed by atoms with van der Waals surface area (Å²) in [5.41, 5.74) is 2.87. The Morgan fingerprint density at radius 2 is 1.54 bits per heavy atom. The summed E-state index contributed by atoms with van der Waals surface area (Å²) in [4.78, 5) is 28.9. The average molecular weight is 503 g/mol. The molecule has 1 N–H and O–H groups in total. The molecule has 196 valence electrons. The minimum atomic E-state index is -0.715. The molecule has 0 fully saturated rings. The van der Waals surface area contributed by atoms with Crippen LogP contribution < -0.4 is 14.8 Å². The number of hydrogen-bond donors (Lipinski definition) is 1. The first-order chi connectivity index (χ1) is 17.8. The standard InChI is InChI=1S/C31H38N2O4/c1-22(2)27-16-9-10-17-29(27)37-21-30(34)33(20-25-14-11-15-26(18-25)36-5)28(31(35)32-23(3)4)19-24-12-7-6-8-13-24/h6-18,22-23,28H,19-21H2,1-5H3,(H,32,35)/t28-/m0/s1. The SMILES string of the molecule is COc1cccc(CN(C(=O)COc2ccccc2C(C)C)[C@@H](Cc2ccccc2)C(=O)NC(C)C)c1. The van der Waals surface area contributed by atoms with Crippen molar-refractivity contribution in [2.75, 3.05) is 13.7 Å². The molecule has 0 heterocycles. The normalized spacial score (nSPS) is 11.8. The molecule has 0 saturated heterocycles. The Labute approximate surface area is 220 Å². The number of hydrogen-bond acceptors (Lipinski definition) is 4. The van der Waals surface area contributed by atoms with Gasteiger partial charge in [-0.15, -0.1) is 0 Å². The number of rotatable bonds is 12. The lowest BCUT2D eigenvalue weighted by atomic mass is 10.0. The molecule has 3 aromatic rings. The zero-order chi connectivity index (χ0) is 26.8. The van der Waals surface area contributed by atoms with Gasteiger partial charge >= 0.3 is 0 Å². The summed E-state index contributed by atoms with van der Waals surface area (Å²) < 4.78 is 11.4. The van der Waals surface area contributed by atoms with Gasteiger partial charge in [0.25, 0.3) is 5.91 Å². The van der Waals surface area contributed by atoms with Crippen LogP contribution in [0.2, 0.25) is 0 Å². The van der Waals surface area contributed by atoms with Gasteiger partial charge in [0.05, 0.1) is 7.11 Å². The number of nitrogens with one attached hydrogen (secondary N) is 1. The monoisotopic (exact) mass is 502 g/mol. The molecule has 0 unspecified atom stereocenters. The molecule has 3 rings (SSSR count). The van der Waals surface area contributed by atoms with Crippen LogP contribution in [0.1, 0.15) is 50.3 Å². The minimum Gasteiger partial charge on any atom is -0.497 e. The van der Waals surface area contributed by atoms with Gasteiger partial charge in [0.15, 0.2) is 6.61 Å². The molecule has 1 atom stereocenters. The molecule has 0 radical (unpaired) electrons. The smallest absolute Gasteiger partial charge is 0.261 e. The molecule has 0 aliphatic heterocycles. The molecule has 0 aliphatic carbocycles. The Morgan fingerprint density at radius 1 is 0.865 bits per heavy atom. The second-order valence-corrected chi connectivity index (χ2v) is 9.72. The quantitative estimate of drug-likeness (QED) is 0.362. The summed E-state index contributed by atoms with van der Waals surface area (Å²) in [7, 11) is 1.61. The molecule has 37 heavy (non-hydrogen) atoms. The van der Waals surface area contributed by atoms with Gasteiger partial charge in [0, 0.05) is 19.0 Å². The number of carbonyl (C=O) groups is 2. The molecule has 3 aromatic carbocycles. The molecule has 0 spiro atoms. The van der Waals surface area contributed by atoms with Crippen LogP contribution in [0.3, 0.4) is 0 Å². The van der Waals surface area contributed by atoms with Crippen molar-refractivity contribution in [2.24, 2.45) is 0 Å². The third-order valence-electron chi connectivity index (χ3n) is 6.08. The van der Waals surface area contributed by atoms with Crippen molar-refractivity contribution in [1.29, 1.82) is 0 Å². The van der Waals surface area contributed by atoms with E-state index in [1.165, 1.54) is 0 Å². The maximum Gasteiger partial charge on any atom is 0.261 e. The van der Waals surface area contributed by atoms with Gasteiger partial charge in [-0.2, -0.15) is 0 Å². The number of methoxy groups -OCH3 is 1. The molecule has 0 aliphatic rings. The lowest BCUT2D eigenvalue weighted by Gasteiger charge is -2.32. The van der Waals surface area contributed by atoms with Crippen LogP contribution in [-0.2, 0) is 22.6 Å². The van der Waals surface area contributed by atoms with Crippen LogP contribution in [0.15, 0.2) is 78.9 Å². The van der Waals surface area contributed by atoms with Crippen LogP contribution in [0.25, 0.3) is 0 Å². The first-order valence-electron chi connectivity index (χ1n) is 12.8. The van der Waals surface area contributed by atoms with E-state index < -0.39 is 6.04 Å². The van der Waals surface area contributed by atoms with Gasteiger partial charge < -0.3 is 19.7 Å². The van der Waals surface area contributed by atoms with E-state index >= 15 is 0 Å². The highest BCUT2D eigenvalue weighted by molar-refractivity contribution is 5.88. The summed E-state index contributed by atoms with van der Waals surface area (Å²) in [5.74, 6) is 1.16. The zero-order valence-corrected chi connectivity index (χ0v) is 22.4. The summed E-state index contributed by atoms with van der Waals surface area (Å²) in [6.07, 6.45) is 0.387. The van der Waals surface area contributed by atoms with Crippen LogP contribution in [0, 0.1) is 0 Å². The third kappa shape index (κ3) is 8.10. The maximum atomic E-state index is 13.8. The van der Waals surface area contributed by atoms with Crippen LogP contribution in [0.4, 0.5) is 0 Å². The highest BCUT2D eigenvalue weighted by Crippen LogP contribution is 2.26. The van der Waals surface area contributed by atoms with Gasteiger partial charge in [-0.3, -0.25) is 9.59 Å². The predicted octanol–water partition coefficient (Wildman–Crippen LogP) is 5.36. The fourth-order valence-electron chi connectivity index (χ4n) is 4.21. The number of benzene rings is 3. The Hall–Kier alpha value is -3.80. The van der Waals surface area contributed by atoms with Crippen LogP contribution in [0.5, 0.6) is 11.5 Å². The van der Waals surface area contributed by atoms with E-state index in [1.54, 1.807) is 12.0 Å². The number of ether oxygens (including phenoxy) is 2. The van der Waals surface area contributed by atoms with Gasteiger partial charge in [-0.05, 0) is 54.7 Å². The van der Waals surface area contributed by atoms with Crippen LogP contribution in [-0.4, -0.2) is 42.5 Å². The average Bonchev–Trinajstić information content (AvgIpc) is 2.89. The highest BCUT2D eigenvalue weighted by Gasteiger charge is 2.31. The third-order valence-corrected chi connectivity index (χ3v) is 6.08. The Morgan fingerprint density at radius 3 is 2.22 bits per heavy atom. The number of nitrogens with zero attached hydrogens (tertiary/aromatic N) is 1. The van der Waals surface area contributed by atoms with E-state index in [-0.39, 0.29) is 36.9 Å². The van der Waals surface area contributed by atoms with E-state index in [0.29, 0.717) is 17.9 Å². The number of para-hydroxylation sites is 1. The largest absolute Gasteiger partial charge is 0.497 e. The summed E-state index contributed by atoms with van der Waals surface area (Å²) in [6.45, 7) is 8.08. The van der Waals surface area contributed by atoms with Crippen molar-refractivity contribution in [3.05, 3.63) is 95.6 Å². The summed E-state index contributed by atoms with van der Waals surface area (Å²) in [6, 6.07) is 24.3. The zero-order valence-electron chi connectivity index (χ0n) is 22.4. The van der Waals surface area contributed by atoms with Gasteiger partial charge in [0.1, 0.15) is 17.5 Å². The van der Waals surface area contributed by atoms with Crippen molar-refractivity contribution < 1.29 is 19.1 Å². The van der Waals surface area contributed by atoms with Crippen molar-refractivity contribution in [3.8, 4) is 11.5 Å². The Bertz CT molecular complexity index is 1160. The predicted molar refractivity (Wildman–Crippen MR) is 147 cm³/mol. The molecule has 0 saturated carbocycles. The molecule has 6 nitrogen and oxygen atoms in total. The lowest BCUT2D eigenvalue weighted by molar-refractivity contribution is -0.143. The summed E-state index contributed by atoms with van der Waals surface area (Å²) >= 11 is 0. The molecule has 6 heteroatoms. The highest BCUT2D eigenvalue weighted by atomic mass is 16.5. The first-order valence-corrected chi connectivity index (χ1v) is 12.8. The van der Waals surface area contributed by atoms with Crippen molar-refractivity contribution in [3.63, 3.8) is 0 Å². The molecule has 0 aromatic heterocycles. The second-order valence-electron chi connectivity index (χ2n) is 9.72. The van der Waals surface area contributed by atoms with Crippen molar-refractivity contribution in [1.82, 2.24) is 10.2 Å². The number of carbonyl (C=O) groups excluding carboxylic acids is 2. The van der Waals surface area contributed by atoms with Gasteiger partial charge in [-0.1, -0.05) is 74.5 Å². The van der Waals surface area contributed by atoms with E-state index in [0.717, 1.165) is 16.7 Å². The number of amides is 2. The van der Waals surface area contributed by atoms with Crippen molar-refractivity contribution >= 4 is 11.8 Å². The lowest BCUT2D eigenvalue weighted by Crippen LogP contribution is -2.52. The van der Waals surface area contributed by atoms with Gasteiger partial charge in [-0.25, -0.2) is 0 Å². The molecular formula is C31H38N2O4. The molecular weight excluding hydrogens is 464 g/mol. The molecule has 2 amide bonds. The second kappa shape index (κ2) is 13.5. The Balaban J connectivity index is 1.94. The maximum absolute atomic E-state index is 13.8. The fraction of sp³-hybridized carbons (Fsp3) is 0.355. The van der Waals surface area contributed by atoms with Crippen LogP contribution >= 0.6 is 0 Å².